The molecule has 11 aromatic rings. The highest BCUT2D eigenvalue weighted by atomic mass is 15.4. The first kappa shape index (κ1) is 67.6. The van der Waals surface area contributed by atoms with Gasteiger partial charge in [-0.25, -0.2) is 0 Å². The van der Waals surface area contributed by atoms with Crippen LogP contribution >= 0.6 is 0 Å². The van der Waals surface area contributed by atoms with Crippen LogP contribution in [-0.2, 0) is 17.9 Å². The first-order valence-corrected chi connectivity index (χ1v) is 34.2. The van der Waals surface area contributed by atoms with Crippen molar-refractivity contribution in [1.82, 2.24) is 18.9 Å². The number of hydrogen-bond donors (Lipinski definition) is 0. The summed E-state index contributed by atoms with van der Waals surface area (Å²) in [6, 6.07) is 73.9. The number of aryl methyl sites for hydroxylation is 6. The molecule has 4 atom stereocenters. The molecule has 0 saturated carbocycles. The third-order valence-corrected chi connectivity index (χ3v) is 20.3. The molecule has 4 aliphatic heterocycles. The van der Waals surface area contributed by atoms with Gasteiger partial charge in [-0.05, 0) is 179 Å². The van der Waals surface area contributed by atoms with Crippen LogP contribution in [0.1, 0.15) is 108 Å². The van der Waals surface area contributed by atoms with Crippen molar-refractivity contribution in [2.75, 3.05) is 57.6 Å². The molecule has 0 spiro atoms. The van der Waals surface area contributed by atoms with E-state index >= 15 is 0 Å². The van der Waals surface area contributed by atoms with E-state index in [9.17, 15) is 0 Å². The second kappa shape index (κ2) is 27.5. The summed E-state index contributed by atoms with van der Waals surface area (Å²) in [6.45, 7) is 33.4. The molecule has 0 N–H and O–H groups in total. The predicted octanol–water partition coefficient (Wildman–Crippen LogP) is 21.2. The second-order valence-electron chi connectivity index (χ2n) is 28.7. The molecule has 4 aliphatic rings. The van der Waals surface area contributed by atoms with E-state index in [1.165, 1.54) is 123 Å². The van der Waals surface area contributed by atoms with Crippen molar-refractivity contribution in [2.24, 2.45) is 7.05 Å². The normalized spacial score (nSPS) is 17.1. The molecular weight excluding hydrogens is 1170 g/mol. The Morgan fingerprint density at radius 1 is 0.302 bits per heavy atom. The van der Waals surface area contributed by atoms with Crippen LogP contribution in [0.15, 0.2) is 231 Å². The molecule has 10 heteroatoms. The van der Waals surface area contributed by atoms with Crippen molar-refractivity contribution < 1.29 is 0 Å². The number of benzene rings is 9. The molecule has 6 heterocycles. The van der Waals surface area contributed by atoms with Crippen LogP contribution in [0.4, 0.5) is 45.5 Å². The molecule has 0 aliphatic carbocycles. The molecule has 496 valence electrons. The number of aromatic nitrogens is 2. The Balaban J connectivity index is 0.000000123. The lowest BCUT2D eigenvalue weighted by Crippen LogP contribution is -2.36. The Morgan fingerprint density at radius 2 is 0.646 bits per heavy atom. The molecule has 0 bridgehead atoms. The van der Waals surface area contributed by atoms with Gasteiger partial charge in [0.05, 0.1) is 39.5 Å². The summed E-state index contributed by atoms with van der Waals surface area (Å²) in [6.07, 6.45) is 10.0. The van der Waals surface area contributed by atoms with Gasteiger partial charge in [0.2, 0.25) is 0 Å². The zero-order valence-electron chi connectivity index (χ0n) is 60.7. The first-order chi connectivity index (χ1) is 45.8. The summed E-state index contributed by atoms with van der Waals surface area (Å²) in [5.74, 6) is 0. The van der Waals surface area contributed by atoms with Gasteiger partial charge in [-0.2, -0.15) is 0 Å². The predicted molar refractivity (Wildman–Crippen MR) is 415 cm³/mol. The second-order valence-corrected chi connectivity index (χ2v) is 28.7. The summed E-state index contributed by atoms with van der Waals surface area (Å²) >= 11 is 0. The van der Waals surface area contributed by atoms with Gasteiger partial charge < -0.3 is 43.8 Å². The monoisotopic (exact) mass is 1270 g/mol. The molecule has 15 rings (SSSR count). The number of para-hydroxylation sites is 9. The van der Waals surface area contributed by atoms with Gasteiger partial charge in [-0.3, -0.25) is 4.57 Å². The van der Waals surface area contributed by atoms with Gasteiger partial charge >= 0.3 is 0 Å². The van der Waals surface area contributed by atoms with Gasteiger partial charge in [0.25, 0.3) is 0 Å². The highest BCUT2D eigenvalue weighted by Gasteiger charge is 2.34. The van der Waals surface area contributed by atoms with E-state index in [1.807, 2.05) is 0 Å². The third-order valence-electron chi connectivity index (χ3n) is 20.3. The van der Waals surface area contributed by atoms with Crippen molar-refractivity contribution in [1.29, 1.82) is 0 Å². The quantitative estimate of drug-likeness (QED) is 0.169. The van der Waals surface area contributed by atoms with Gasteiger partial charge in [0, 0.05) is 98.9 Å². The molecule has 0 unspecified atom stereocenters. The Hall–Kier alpha value is -9.80. The highest BCUT2D eigenvalue weighted by Crippen LogP contribution is 2.47. The van der Waals surface area contributed by atoms with Crippen molar-refractivity contribution >= 4 is 78.3 Å². The Labute approximate surface area is 573 Å². The third kappa shape index (κ3) is 13.1. The number of nitrogens with zero attached hydrogens (tertiary/aromatic N) is 10. The lowest BCUT2D eigenvalue weighted by Gasteiger charge is -2.30. The average Bonchev–Trinajstić information content (AvgIpc) is 1.56. The van der Waals surface area contributed by atoms with E-state index in [0.29, 0.717) is 24.7 Å². The number of hydrogen-bond acceptors (Lipinski definition) is 8. The fourth-order valence-electron chi connectivity index (χ4n) is 13.9. The van der Waals surface area contributed by atoms with Crippen LogP contribution in [-0.4, -0.2) is 71.8 Å². The van der Waals surface area contributed by atoms with Crippen LogP contribution in [0.25, 0.3) is 38.5 Å². The summed E-state index contributed by atoms with van der Waals surface area (Å²) in [5.41, 5.74) is 25.1. The van der Waals surface area contributed by atoms with Crippen molar-refractivity contribution in [2.45, 2.75) is 139 Å². The molecule has 9 aromatic carbocycles. The smallest absolute Gasteiger partial charge is 0.126 e. The fraction of sp³-hybridized carbons (Fsp3) is 0.302. The van der Waals surface area contributed by atoms with Crippen LogP contribution in [0.2, 0.25) is 0 Å². The van der Waals surface area contributed by atoms with Crippen LogP contribution in [0.3, 0.4) is 0 Å². The SMILES string of the molecule is Cc1ccc(C(C)(C)C)cc1N1C=CN(C)[C@@H]1C.Cc1ccc(C(C)(C)C)cc1N1c2ccccc2N(C)[C@@H]1C.Cc1ccccc1-n1c2ccccc2c2c3ccccc3n(C)c21.Cc1ccccc1N1C=CN(C)[C@@H]1C.Cc1ccccc1N1c2ccccc2N(C)[C@@H]1C. The number of fused-ring (bicyclic) bond motifs is 7. The molecule has 2 aromatic heterocycles. The molecule has 10 nitrogen and oxygen atoms in total. The average molecular weight is 1280 g/mol. The maximum absolute atomic E-state index is 2.46. The maximum atomic E-state index is 2.46. The van der Waals surface area contributed by atoms with Gasteiger partial charge in [-0.1, -0.05) is 181 Å². The van der Waals surface area contributed by atoms with Crippen molar-refractivity contribution in [3.05, 3.63) is 270 Å². The van der Waals surface area contributed by atoms with Crippen LogP contribution in [0.5, 0.6) is 0 Å². The summed E-state index contributed by atoms with van der Waals surface area (Å²) < 4.78 is 4.72. The lowest BCUT2D eigenvalue weighted by atomic mass is 9.86. The summed E-state index contributed by atoms with van der Waals surface area (Å²) in [7, 11) is 10.7. The van der Waals surface area contributed by atoms with E-state index in [4.69, 9.17) is 0 Å². The Kier molecular flexibility index (Phi) is 19.4. The topological polar surface area (TPSA) is 35.8 Å². The van der Waals surface area contributed by atoms with E-state index in [-0.39, 0.29) is 10.8 Å². The minimum absolute atomic E-state index is 0.164. The van der Waals surface area contributed by atoms with Crippen molar-refractivity contribution in [3.8, 4) is 5.69 Å². The zero-order valence-corrected chi connectivity index (χ0v) is 60.7. The lowest BCUT2D eigenvalue weighted by molar-refractivity contribution is 0.383. The van der Waals surface area contributed by atoms with Crippen LogP contribution in [0, 0.1) is 34.6 Å². The van der Waals surface area contributed by atoms with E-state index in [1.54, 1.807) is 0 Å². The molecule has 0 saturated heterocycles. The van der Waals surface area contributed by atoms with Gasteiger partial charge in [0.15, 0.2) is 0 Å². The largest absolute Gasteiger partial charge is 0.359 e. The van der Waals surface area contributed by atoms with E-state index in [0.717, 1.165) is 0 Å². The standard InChI is InChI=1S/C22H18N2.C20H26N2.C16H18N2.C16H24N2.C12H16N2/c1-15-9-3-6-12-18(15)24-20-14-8-5-11-17(20)21-16-10-4-7-13-19(16)23(2)22(21)24;1-14-11-12-16(20(3,4)5)13-19(14)22-15(2)21(6)17-9-7-8-10-18(17)22;1-12-8-4-5-9-14(12)18-13(2)17(3)15-10-6-7-11-16(15)18;1-12-7-8-14(16(3,4)5)11-15(12)18-10-9-17(6)13(18)2;1-10-6-4-5-7-12(10)14-9-8-13(3)11(14)2/h3-14H,1-2H3;7-13,15H,1-6H3;4-11,13H,1-3H3;7-11,13H,1-6H3;4-9,11H,1-3H3/t;15-;2*13-;11-/m.0000/s1. The first-order valence-electron chi connectivity index (χ1n) is 34.2. The van der Waals surface area contributed by atoms with Crippen LogP contribution < -0.4 is 29.4 Å². The fourth-order valence-corrected chi connectivity index (χ4v) is 13.9. The minimum Gasteiger partial charge on any atom is -0.359 e. The molecular formula is C86H102N10. The highest BCUT2D eigenvalue weighted by molar-refractivity contribution is 6.21. The molecule has 0 amide bonds. The molecule has 0 fully saturated rings. The Morgan fingerprint density at radius 3 is 1.09 bits per heavy atom. The summed E-state index contributed by atoms with van der Waals surface area (Å²) in [4.78, 5) is 18.6. The van der Waals surface area contributed by atoms with Gasteiger partial charge in [0.1, 0.15) is 30.3 Å². The van der Waals surface area contributed by atoms with Crippen molar-refractivity contribution in [3.63, 3.8) is 0 Å². The minimum atomic E-state index is 0.164. The summed E-state index contributed by atoms with van der Waals surface area (Å²) in [5, 5.41) is 3.97. The van der Waals surface area contributed by atoms with E-state index < -0.39 is 0 Å². The molecule has 0 radical (unpaired) electrons. The van der Waals surface area contributed by atoms with E-state index in [2.05, 4.69) is 418 Å². The number of anilines is 8. The molecule has 96 heavy (non-hydrogen) atoms. The maximum Gasteiger partial charge on any atom is 0.126 e. The Bertz CT molecular complexity index is 4630. The zero-order chi connectivity index (χ0) is 68.7. The number of rotatable bonds is 5. The van der Waals surface area contributed by atoms with Gasteiger partial charge in [-0.15, -0.1) is 0 Å².